The molecule has 0 radical (unpaired) electrons. The van der Waals surface area contributed by atoms with E-state index in [1.165, 1.54) is 4.31 Å². The molecule has 1 heterocycles. The Morgan fingerprint density at radius 1 is 1.00 bits per heavy atom. The van der Waals surface area contributed by atoms with Crippen molar-refractivity contribution in [2.45, 2.75) is 10.9 Å². The Morgan fingerprint density at radius 3 is 2.19 bits per heavy atom. The zero-order valence-corrected chi connectivity index (χ0v) is 12.1. The standard InChI is InChI=1S/C15H15N3O2S/c16-15-17-14(12-7-3-1-4-8-12)11-18(15)21(19,20)13-9-5-2-6-10-13/h1-10,14H,11H2,(H2,16,17)/t14-/m1/s1. The van der Waals surface area contributed by atoms with E-state index in [0.29, 0.717) is 0 Å². The highest BCUT2D eigenvalue weighted by Gasteiger charge is 2.34. The smallest absolute Gasteiger partial charge is 0.266 e. The summed E-state index contributed by atoms with van der Waals surface area (Å²) in [5, 5.41) is 0. The first-order chi connectivity index (χ1) is 10.1. The van der Waals surface area contributed by atoms with Crippen molar-refractivity contribution in [3.8, 4) is 0 Å². The summed E-state index contributed by atoms with van der Waals surface area (Å²) in [6.07, 6.45) is 0. The molecule has 6 heteroatoms. The van der Waals surface area contributed by atoms with Crippen LogP contribution >= 0.6 is 0 Å². The van der Waals surface area contributed by atoms with E-state index in [1.807, 2.05) is 30.3 Å². The van der Waals surface area contributed by atoms with Gasteiger partial charge in [-0.05, 0) is 17.7 Å². The predicted octanol–water partition coefficient (Wildman–Crippen LogP) is 1.75. The molecule has 0 unspecified atom stereocenters. The molecule has 0 spiro atoms. The van der Waals surface area contributed by atoms with Gasteiger partial charge in [0, 0.05) is 0 Å². The largest absolute Gasteiger partial charge is 0.369 e. The van der Waals surface area contributed by atoms with Gasteiger partial charge in [0.1, 0.15) is 0 Å². The molecule has 3 rings (SSSR count). The summed E-state index contributed by atoms with van der Waals surface area (Å²) >= 11 is 0. The Hall–Kier alpha value is -2.34. The Balaban J connectivity index is 1.91. The molecule has 0 fully saturated rings. The second-order valence-corrected chi connectivity index (χ2v) is 6.63. The minimum absolute atomic E-state index is 0.0349. The monoisotopic (exact) mass is 301 g/mol. The van der Waals surface area contributed by atoms with Gasteiger partial charge in [0.2, 0.25) is 5.96 Å². The first-order valence-corrected chi connectivity index (χ1v) is 7.99. The summed E-state index contributed by atoms with van der Waals surface area (Å²) in [7, 11) is -3.65. The van der Waals surface area contributed by atoms with Crippen LogP contribution in [0.5, 0.6) is 0 Å². The Morgan fingerprint density at radius 2 is 1.57 bits per heavy atom. The molecule has 1 aliphatic heterocycles. The number of nitrogens with zero attached hydrogens (tertiary/aromatic N) is 2. The highest BCUT2D eigenvalue weighted by molar-refractivity contribution is 7.89. The van der Waals surface area contributed by atoms with Gasteiger partial charge >= 0.3 is 0 Å². The molecule has 0 aromatic heterocycles. The van der Waals surface area contributed by atoms with E-state index in [2.05, 4.69) is 4.99 Å². The van der Waals surface area contributed by atoms with Crippen molar-refractivity contribution < 1.29 is 8.42 Å². The van der Waals surface area contributed by atoms with E-state index in [9.17, 15) is 8.42 Å². The number of aliphatic imine (C=N–C) groups is 1. The number of hydrogen-bond donors (Lipinski definition) is 1. The fraction of sp³-hybridized carbons (Fsp3) is 0.133. The SMILES string of the molecule is NC1=N[C@@H](c2ccccc2)CN1S(=O)(=O)c1ccccc1. The molecule has 2 aromatic carbocycles. The lowest BCUT2D eigenvalue weighted by atomic mass is 10.1. The van der Waals surface area contributed by atoms with Gasteiger partial charge in [-0.3, -0.25) is 0 Å². The first-order valence-electron chi connectivity index (χ1n) is 6.55. The van der Waals surface area contributed by atoms with Crippen molar-refractivity contribution in [3.63, 3.8) is 0 Å². The third kappa shape index (κ3) is 2.50. The van der Waals surface area contributed by atoms with Crippen LogP contribution in [0.1, 0.15) is 11.6 Å². The third-order valence-corrected chi connectivity index (χ3v) is 5.18. The number of sulfonamides is 1. The molecule has 0 aliphatic carbocycles. The second-order valence-electron chi connectivity index (χ2n) is 4.76. The van der Waals surface area contributed by atoms with Crippen LogP contribution in [0.15, 0.2) is 70.6 Å². The van der Waals surface area contributed by atoms with Crippen molar-refractivity contribution in [2.75, 3.05) is 6.54 Å². The normalized spacial score (nSPS) is 18.6. The summed E-state index contributed by atoms with van der Waals surface area (Å²) in [6, 6.07) is 17.5. The minimum atomic E-state index is -3.65. The number of hydrogen-bond acceptors (Lipinski definition) is 4. The van der Waals surface area contributed by atoms with Crippen molar-refractivity contribution in [1.29, 1.82) is 0 Å². The fourth-order valence-electron chi connectivity index (χ4n) is 2.31. The molecule has 1 atom stereocenters. The lowest BCUT2D eigenvalue weighted by molar-refractivity contribution is 0.519. The number of rotatable bonds is 3. The summed E-state index contributed by atoms with van der Waals surface area (Å²) < 4.78 is 26.3. The molecule has 0 amide bonds. The Bertz CT molecular complexity index is 758. The van der Waals surface area contributed by atoms with Crippen molar-refractivity contribution in [3.05, 3.63) is 66.2 Å². The van der Waals surface area contributed by atoms with Crippen molar-refractivity contribution >= 4 is 16.0 Å². The van der Waals surface area contributed by atoms with E-state index in [-0.39, 0.29) is 23.4 Å². The fourth-order valence-corrected chi connectivity index (χ4v) is 3.70. The van der Waals surface area contributed by atoms with Gasteiger partial charge in [-0.15, -0.1) is 0 Å². The van der Waals surface area contributed by atoms with Gasteiger partial charge in [-0.1, -0.05) is 48.5 Å². The number of guanidine groups is 1. The van der Waals surface area contributed by atoms with Crippen molar-refractivity contribution in [2.24, 2.45) is 10.7 Å². The van der Waals surface area contributed by atoms with Gasteiger partial charge in [0.15, 0.2) is 0 Å². The van der Waals surface area contributed by atoms with Crippen LogP contribution in [-0.2, 0) is 10.0 Å². The zero-order valence-electron chi connectivity index (χ0n) is 11.3. The average molecular weight is 301 g/mol. The lowest BCUT2D eigenvalue weighted by Gasteiger charge is -2.18. The van der Waals surface area contributed by atoms with Gasteiger partial charge in [-0.2, -0.15) is 0 Å². The second kappa shape index (κ2) is 5.21. The van der Waals surface area contributed by atoms with Gasteiger partial charge in [-0.25, -0.2) is 17.7 Å². The van der Waals surface area contributed by atoms with Crippen LogP contribution < -0.4 is 5.73 Å². The van der Waals surface area contributed by atoms with Gasteiger partial charge in [0.05, 0.1) is 17.5 Å². The zero-order chi connectivity index (χ0) is 14.9. The maximum absolute atomic E-state index is 12.6. The molecule has 21 heavy (non-hydrogen) atoms. The van der Waals surface area contributed by atoms with E-state index in [0.717, 1.165) is 5.56 Å². The number of benzene rings is 2. The Kier molecular flexibility index (Phi) is 3.39. The summed E-state index contributed by atoms with van der Waals surface area (Å²) in [4.78, 5) is 4.49. The summed E-state index contributed by atoms with van der Waals surface area (Å²) in [5.41, 5.74) is 6.78. The molecular weight excluding hydrogens is 286 g/mol. The molecule has 1 aliphatic rings. The van der Waals surface area contributed by atoms with Crippen LogP contribution in [0.4, 0.5) is 0 Å². The van der Waals surface area contributed by atoms with E-state index >= 15 is 0 Å². The maximum atomic E-state index is 12.6. The summed E-state index contributed by atoms with van der Waals surface area (Å²) in [5.74, 6) is 0.0349. The van der Waals surface area contributed by atoms with Crippen LogP contribution in [0.25, 0.3) is 0 Å². The highest BCUT2D eigenvalue weighted by Crippen LogP contribution is 2.27. The molecule has 5 nitrogen and oxygen atoms in total. The predicted molar refractivity (Wildman–Crippen MR) is 81.1 cm³/mol. The molecule has 2 N–H and O–H groups in total. The minimum Gasteiger partial charge on any atom is -0.369 e. The Labute approximate surface area is 123 Å². The van der Waals surface area contributed by atoms with Gasteiger partial charge < -0.3 is 5.73 Å². The van der Waals surface area contributed by atoms with Crippen LogP contribution in [0, 0.1) is 0 Å². The highest BCUT2D eigenvalue weighted by atomic mass is 32.2. The molecule has 2 aromatic rings. The molecule has 0 bridgehead atoms. The number of nitrogens with two attached hydrogens (primary N) is 1. The molecule has 0 saturated heterocycles. The van der Waals surface area contributed by atoms with Crippen LogP contribution in [0.3, 0.4) is 0 Å². The van der Waals surface area contributed by atoms with Gasteiger partial charge in [0.25, 0.3) is 10.0 Å². The van der Waals surface area contributed by atoms with E-state index < -0.39 is 10.0 Å². The molecular formula is C15H15N3O2S. The van der Waals surface area contributed by atoms with Crippen LogP contribution in [-0.4, -0.2) is 25.2 Å². The molecule has 108 valence electrons. The first kappa shape index (κ1) is 13.6. The van der Waals surface area contributed by atoms with E-state index in [4.69, 9.17) is 5.73 Å². The maximum Gasteiger partial charge on any atom is 0.266 e. The lowest BCUT2D eigenvalue weighted by Crippen LogP contribution is -2.39. The summed E-state index contributed by atoms with van der Waals surface area (Å²) in [6.45, 7) is 0.229. The quantitative estimate of drug-likeness (QED) is 0.938. The topological polar surface area (TPSA) is 75.8 Å². The molecule has 0 saturated carbocycles. The van der Waals surface area contributed by atoms with Crippen molar-refractivity contribution in [1.82, 2.24) is 4.31 Å². The van der Waals surface area contributed by atoms with E-state index in [1.54, 1.807) is 30.3 Å². The average Bonchev–Trinajstić information content (AvgIpc) is 2.92. The third-order valence-electron chi connectivity index (χ3n) is 3.40. The van der Waals surface area contributed by atoms with Crippen LogP contribution in [0.2, 0.25) is 0 Å².